The molecular weight excluding hydrogens is 335 g/mol. The van der Waals surface area contributed by atoms with E-state index in [1.807, 2.05) is 28.7 Å². The fourth-order valence-corrected chi connectivity index (χ4v) is 2.69. The van der Waals surface area contributed by atoms with Crippen LogP contribution >= 0.6 is 22.6 Å². The van der Waals surface area contributed by atoms with Crippen LogP contribution in [0.3, 0.4) is 0 Å². The quantitative estimate of drug-likeness (QED) is 0.478. The molecule has 1 atom stereocenters. The Hall–Kier alpha value is -0.890. The van der Waals surface area contributed by atoms with Crippen LogP contribution in [0.1, 0.15) is 6.42 Å². The average molecular weight is 348 g/mol. The highest BCUT2D eigenvalue weighted by Gasteiger charge is 2.23. The van der Waals surface area contributed by atoms with Gasteiger partial charge in [-0.2, -0.15) is 0 Å². The topological polar surface area (TPSA) is 55.6 Å². The molecule has 0 aromatic heterocycles. The molecule has 0 aliphatic carbocycles. The Morgan fingerprint density at radius 2 is 2.35 bits per heavy atom. The molecule has 92 valence electrons. The van der Waals surface area contributed by atoms with E-state index in [-0.39, 0.29) is 16.7 Å². The predicted octanol–water partition coefficient (Wildman–Crippen LogP) is 2.42. The van der Waals surface area contributed by atoms with Gasteiger partial charge in [-0.25, -0.2) is 0 Å². The summed E-state index contributed by atoms with van der Waals surface area (Å²) in [4.78, 5) is 12.6. The Morgan fingerprint density at radius 1 is 1.59 bits per heavy atom. The second-order valence-corrected chi connectivity index (χ2v) is 5.15. The highest BCUT2D eigenvalue weighted by molar-refractivity contribution is 14.1. The predicted molar refractivity (Wildman–Crippen MR) is 73.4 cm³/mol. The zero-order valence-corrected chi connectivity index (χ0v) is 11.6. The average Bonchev–Trinajstić information content (AvgIpc) is 2.76. The number of methoxy groups -OCH3 is 1. The normalized spacial score (nSPS) is 19.6. The Bertz CT molecular complexity index is 439. The van der Waals surface area contributed by atoms with Gasteiger partial charge < -0.3 is 9.64 Å². The van der Waals surface area contributed by atoms with Crippen molar-refractivity contribution in [2.45, 2.75) is 12.5 Å². The second kappa shape index (κ2) is 5.18. The fraction of sp³-hybridized carbons (Fsp3) is 0.455. The van der Waals surface area contributed by atoms with Gasteiger partial charge in [0.2, 0.25) is 0 Å². The van der Waals surface area contributed by atoms with Crippen LogP contribution in [0.2, 0.25) is 0 Å². The van der Waals surface area contributed by atoms with Crippen LogP contribution in [0, 0.1) is 13.7 Å². The maximum absolute atomic E-state index is 10.7. The van der Waals surface area contributed by atoms with Crippen LogP contribution in [0.5, 0.6) is 0 Å². The first-order valence-electron chi connectivity index (χ1n) is 5.33. The number of rotatable bonds is 3. The molecule has 6 heteroatoms. The van der Waals surface area contributed by atoms with Crippen molar-refractivity contribution in [3.63, 3.8) is 0 Å². The molecule has 0 N–H and O–H groups in total. The van der Waals surface area contributed by atoms with Gasteiger partial charge in [-0.1, -0.05) is 0 Å². The van der Waals surface area contributed by atoms with Crippen molar-refractivity contribution in [2.24, 2.45) is 0 Å². The number of nitro benzene ring substituents is 1. The van der Waals surface area contributed by atoms with E-state index >= 15 is 0 Å². The monoisotopic (exact) mass is 348 g/mol. The van der Waals surface area contributed by atoms with Crippen LogP contribution in [-0.4, -0.2) is 31.2 Å². The van der Waals surface area contributed by atoms with Crippen molar-refractivity contribution in [2.75, 3.05) is 25.1 Å². The van der Waals surface area contributed by atoms with Gasteiger partial charge >= 0.3 is 0 Å². The minimum atomic E-state index is -0.354. The highest BCUT2D eigenvalue weighted by atomic mass is 127. The first-order valence-corrected chi connectivity index (χ1v) is 6.41. The van der Waals surface area contributed by atoms with Gasteiger partial charge in [-0.3, -0.25) is 10.1 Å². The molecule has 1 aliphatic heterocycles. The molecule has 0 saturated carbocycles. The van der Waals surface area contributed by atoms with Crippen molar-refractivity contribution in [1.29, 1.82) is 0 Å². The summed E-state index contributed by atoms with van der Waals surface area (Å²) in [7, 11) is 1.72. The lowest BCUT2D eigenvalue weighted by Crippen LogP contribution is -2.22. The zero-order valence-electron chi connectivity index (χ0n) is 9.43. The number of nitro groups is 1. The lowest BCUT2D eigenvalue weighted by atomic mass is 10.2. The fourth-order valence-electron chi connectivity index (χ4n) is 2.00. The van der Waals surface area contributed by atoms with Crippen LogP contribution in [-0.2, 0) is 4.74 Å². The maximum atomic E-state index is 10.7. The molecule has 1 heterocycles. The van der Waals surface area contributed by atoms with E-state index in [2.05, 4.69) is 4.90 Å². The van der Waals surface area contributed by atoms with Gasteiger partial charge in [0.1, 0.15) is 0 Å². The molecule has 1 aromatic carbocycles. The van der Waals surface area contributed by atoms with Gasteiger partial charge in [0.15, 0.2) is 0 Å². The molecular formula is C11H13IN2O3. The lowest BCUT2D eigenvalue weighted by molar-refractivity contribution is -0.385. The standard InChI is InChI=1S/C11H13IN2O3/c1-17-9-4-5-13(7-9)8-2-3-11(14(15)16)10(12)6-8/h2-3,6,9H,4-5,7H2,1H3. The first-order chi connectivity index (χ1) is 8.11. The summed E-state index contributed by atoms with van der Waals surface area (Å²) in [5, 5.41) is 10.7. The van der Waals surface area contributed by atoms with Crippen molar-refractivity contribution >= 4 is 34.0 Å². The SMILES string of the molecule is COC1CCN(c2ccc([N+](=O)[O-])c(I)c2)C1. The van der Waals surface area contributed by atoms with E-state index in [4.69, 9.17) is 4.74 Å². The summed E-state index contributed by atoms with van der Waals surface area (Å²) in [5.41, 5.74) is 1.19. The third kappa shape index (κ3) is 2.68. The summed E-state index contributed by atoms with van der Waals surface area (Å²) in [5.74, 6) is 0. The molecule has 2 rings (SSSR count). The Balaban J connectivity index is 2.18. The first kappa shape index (κ1) is 12.6. The van der Waals surface area contributed by atoms with Crippen molar-refractivity contribution in [3.05, 3.63) is 31.9 Å². The van der Waals surface area contributed by atoms with Gasteiger partial charge in [0.25, 0.3) is 5.69 Å². The number of benzene rings is 1. The molecule has 1 aliphatic rings. The molecule has 5 nitrogen and oxygen atoms in total. The Morgan fingerprint density at radius 3 is 2.88 bits per heavy atom. The van der Waals surface area contributed by atoms with Gasteiger partial charge in [0.05, 0.1) is 14.6 Å². The zero-order chi connectivity index (χ0) is 12.4. The Labute approximate surface area is 113 Å². The van der Waals surface area contributed by atoms with Crippen molar-refractivity contribution in [3.8, 4) is 0 Å². The number of anilines is 1. The molecule has 1 saturated heterocycles. The van der Waals surface area contributed by atoms with Gasteiger partial charge in [-0.15, -0.1) is 0 Å². The molecule has 1 unspecified atom stereocenters. The van der Waals surface area contributed by atoms with Gasteiger partial charge in [0, 0.05) is 32.0 Å². The highest BCUT2D eigenvalue weighted by Crippen LogP contribution is 2.28. The Kier molecular flexibility index (Phi) is 3.82. The van der Waals surface area contributed by atoms with Crippen molar-refractivity contribution in [1.82, 2.24) is 0 Å². The van der Waals surface area contributed by atoms with E-state index in [1.54, 1.807) is 19.2 Å². The number of ether oxygens (including phenoxy) is 1. The summed E-state index contributed by atoms with van der Waals surface area (Å²) in [6.45, 7) is 1.79. The third-order valence-electron chi connectivity index (χ3n) is 2.97. The number of nitrogens with zero attached hydrogens (tertiary/aromatic N) is 2. The molecule has 0 radical (unpaired) electrons. The van der Waals surface area contributed by atoms with Gasteiger partial charge in [-0.05, 0) is 41.1 Å². The molecule has 17 heavy (non-hydrogen) atoms. The largest absolute Gasteiger partial charge is 0.380 e. The minimum absolute atomic E-state index is 0.164. The smallest absolute Gasteiger partial charge is 0.282 e. The molecule has 0 amide bonds. The number of halogens is 1. The van der Waals surface area contributed by atoms with E-state index in [0.29, 0.717) is 3.57 Å². The molecule has 0 spiro atoms. The summed E-state index contributed by atoms with van der Waals surface area (Å²) < 4.78 is 5.98. The van der Waals surface area contributed by atoms with Crippen molar-refractivity contribution < 1.29 is 9.66 Å². The molecule has 1 aromatic rings. The number of hydrogen-bond donors (Lipinski definition) is 0. The summed E-state index contributed by atoms with van der Waals surface area (Å²) >= 11 is 2.00. The maximum Gasteiger partial charge on any atom is 0.282 e. The summed E-state index contributed by atoms with van der Waals surface area (Å²) in [6.07, 6.45) is 1.27. The molecule has 0 bridgehead atoms. The molecule has 1 fully saturated rings. The van der Waals surface area contributed by atoms with E-state index in [0.717, 1.165) is 25.2 Å². The summed E-state index contributed by atoms with van der Waals surface area (Å²) in [6, 6.07) is 5.23. The van der Waals surface area contributed by atoms with Crippen LogP contribution in [0.4, 0.5) is 11.4 Å². The van der Waals surface area contributed by atoms with Crippen LogP contribution in [0.25, 0.3) is 0 Å². The van der Waals surface area contributed by atoms with Crippen LogP contribution < -0.4 is 4.90 Å². The van der Waals surface area contributed by atoms with E-state index < -0.39 is 0 Å². The second-order valence-electron chi connectivity index (χ2n) is 3.99. The van der Waals surface area contributed by atoms with Crippen LogP contribution in [0.15, 0.2) is 18.2 Å². The van der Waals surface area contributed by atoms with E-state index in [1.165, 1.54) is 0 Å². The van der Waals surface area contributed by atoms with E-state index in [9.17, 15) is 10.1 Å². The lowest BCUT2D eigenvalue weighted by Gasteiger charge is -2.18. The third-order valence-corrected chi connectivity index (χ3v) is 3.84. The number of hydrogen-bond acceptors (Lipinski definition) is 4. The minimum Gasteiger partial charge on any atom is -0.380 e.